The smallest absolute Gasteiger partial charge is 0.0468 e. The predicted octanol–water partition coefficient (Wildman–Crippen LogP) is 31.6. The van der Waals surface area contributed by atoms with Crippen LogP contribution in [0.2, 0.25) is 0 Å². The molecule has 0 N–H and O–H groups in total. The second-order valence-corrected chi connectivity index (χ2v) is 31.9. The van der Waals surface area contributed by atoms with Crippen LogP contribution in [0, 0.1) is 0 Å². The summed E-state index contributed by atoms with van der Waals surface area (Å²) in [5.41, 5.74) is 42.7. The molecule has 0 fully saturated rings. The maximum absolute atomic E-state index is 2.48. The summed E-state index contributed by atoms with van der Waals surface area (Å²) in [5, 5.41) is 0. The highest BCUT2D eigenvalue weighted by atomic mass is 15.1. The van der Waals surface area contributed by atoms with Gasteiger partial charge in [0, 0.05) is 45.0 Å². The van der Waals surface area contributed by atoms with E-state index in [0.717, 1.165) is 61.9 Å². The van der Waals surface area contributed by atoms with Crippen LogP contribution in [0.4, 0.5) is 34.1 Å². The topological polar surface area (TPSA) is 6.48 Å². The van der Waals surface area contributed by atoms with Crippen molar-refractivity contribution in [2.75, 3.05) is 9.80 Å². The lowest BCUT2D eigenvalue weighted by atomic mass is 9.80. The number of hydrogen-bond acceptors (Lipinski definition) is 2. The minimum Gasteiger partial charge on any atom is -0.310 e. The molecule has 2 aliphatic carbocycles. The summed E-state index contributed by atoms with van der Waals surface area (Å²) in [6, 6.07) is 161. The van der Waals surface area contributed by atoms with E-state index in [4.69, 9.17) is 0 Å². The molecule has 0 saturated heterocycles. The van der Waals surface area contributed by atoms with Gasteiger partial charge in [-0.25, -0.2) is 0 Å². The second kappa shape index (κ2) is 29.6. The average molecular weight is 1480 g/mol. The first-order valence-electron chi connectivity index (χ1n) is 40.4. The maximum atomic E-state index is 2.48. The summed E-state index contributed by atoms with van der Waals surface area (Å²) in [6.07, 6.45) is 0. The van der Waals surface area contributed by atoms with Gasteiger partial charge in [-0.1, -0.05) is 367 Å². The van der Waals surface area contributed by atoms with Gasteiger partial charge >= 0.3 is 0 Å². The van der Waals surface area contributed by atoms with Gasteiger partial charge in [-0.15, -0.1) is 0 Å². The normalized spacial score (nSPS) is 12.6. The van der Waals surface area contributed by atoms with Crippen molar-refractivity contribution in [3.05, 3.63) is 459 Å². The summed E-state index contributed by atoms with van der Waals surface area (Å²) in [6.45, 7) is 9.55. The van der Waals surface area contributed by atoms with Crippen LogP contribution in [-0.4, -0.2) is 0 Å². The third kappa shape index (κ3) is 12.9. The van der Waals surface area contributed by atoms with Crippen LogP contribution < -0.4 is 9.80 Å². The first-order chi connectivity index (χ1) is 57.0. The van der Waals surface area contributed by atoms with Crippen molar-refractivity contribution < 1.29 is 0 Å². The lowest BCUT2D eigenvalue weighted by Gasteiger charge is -2.28. The summed E-state index contributed by atoms with van der Waals surface area (Å²) < 4.78 is 0. The first-order valence-corrected chi connectivity index (χ1v) is 40.4. The molecular weight excluding hydrogens is 1400 g/mol. The number of anilines is 6. The van der Waals surface area contributed by atoms with Crippen molar-refractivity contribution >= 4 is 34.1 Å². The molecule has 2 nitrogen and oxygen atoms in total. The Hall–Kier alpha value is -14.4. The minimum absolute atomic E-state index is 0.117. The van der Waals surface area contributed by atoms with E-state index in [1.165, 1.54) is 139 Å². The van der Waals surface area contributed by atoms with E-state index in [-0.39, 0.29) is 10.8 Å². The fraction of sp³-hybridized carbons (Fsp3) is 0.0526. The standard InChI is InChI=1S/C114H84N2/c1-113(2)109-46-27-26-45-101(109)102-63-56-89(71-111(102)113)99-67-60-95(75-107(99)82-35-18-8-19-36-82)116(92-43-24-11-25-44-92)96-61-68-100(108(76-96)83-37-20-9-21-38-83)90-57-64-104-103-62-55-88(70-110(103)114(3,4)112(104)72-90)87-40-28-39-86(69-87)79-49-53-85(54-50-79)98-66-59-94(74-106(98)81-33-16-7-17-34-81)115(91-41-22-10-23-42-91)93-58-65-97(105(73-93)80-31-14-6-15-32-80)84-51-47-78(48-52-84)77-29-12-5-13-30-77/h5-76H,1-4H3. The minimum atomic E-state index is -0.282. The Balaban J connectivity index is 0.600. The monoisotopic (exact) mass is 1480 g/mol. The molecule has 0 bridgehead atoms. The fourth-order valence-corrected chi connectivity index (χ4v) is 18.3. The molecule has 2 aliphatic rings. The van der Waals surface area contributed by atoms with Crippen LogP contribution in [0.3, 0.4) is 0 Å². The largest absolute Gasteiger partial charge is 0.310 e. The summed E-state index contributed by atoms with van der Waals surface area (Å²) in [4.78, 5) is 4.83. The van der Waals surface area contributed by atoms with Crippen molar-refractivity contribution in [3.63, 3.8) is 0 Å². The maximum Gasteiger partial charge on any atom is 0.0468 e. The molecule has 0 saturated carbocycles. The lowest BCUT2D eigenvalue weighted by molar-refractivity contribution is 0.660. The van der Waals surface area contributed by atoms with E-state index in [2.05, 4.69) is 474 Å². The van der Waals surface area contributed by atoms with Crippen molar-refractivity contribution in [1.29, 1.82) is 0 Å². The molecule has 0 radical (unpaired) electrons. The fourth-order valence-electron chi connectivity index (χ4n) is 18.3. The van der Waals surface area contributed by atoms with E-state index in [1.54, 1.807) is 0 Å². The van der Waals surface area contributed by atoms with Crippen LogP contribution in [0.5, 0.6) is 0 Å². The van der Waals surface area contributed by atoms with E-state index >= 15 is 0 Å². The van der Waals surface area contributed by atoms with E-state index in [1.807, 2.05) is 0 Å². The van der Waals surface area contributed by atoms with Crippen molar-refractivity contribution in [3.8, 4) is 145 Å². The number of rotatable bonds is 17. The molecule has 18 aromatic carbocycles. The molecule has 550 valence electrons. The molecule has 2 heteroatoms. The zero-order valence-electron chi connectivity index (χ0n) is 65.5. The molecule has 0 spiro atoms. The number of fused-ring (bicyclic) bond motifs is 6. The van der Waals surface area contributed by atoms with Gasteiger partial charge in [-0.05, 0) is 264 Å². The zero-order chi connectivity index (χ0) is 77.9. The van der Waals surface area contributed by atoms with Crippen molar-refractivity contribution in [1.82, 2.24) is 0 Å². The van der Waals surface area contributed by atoms with Gasteiger partial charge in [0.2, 0.25) is 0 Å². The second-order valence-electron chi connectivity index (χ2n) is 31.9. The van der Waals surface area contributed by atoms with Gasteiger partial charge in [-0.3, -0.25) is 0 Å². The van der Waals surface area contributed by atoms with Crippen molar-refractivity contribution in [2.45, 2.75) is 38.5 Å². The lowest BCUT2D eigenvalue weighted by Crippen LogP contribution is -2.15. The van der Waals surface area contributed by atoms with Gasteiger partial charge in [-0.2, -0.15) is 0 Å². The molecular formula is C114H84N2. The van der Waals surface area contributed by atoms with Gasteiger partial charge in [0.15, 0.2) is 0 Å². The molecule has 0 aliphatic heterocycles. The molecule has 18 aromatic rings. The Bertz CT molecular complexity index is 6690. The molecule has 116 heavy (non-hydrogen) atoms. The van der Waals surface area contributed by atoms with Gasteiger partial charge < -0.3 is 9.80 Å². The highest BCUT2D eigenvalue weighted by Gasteiger charge is 2.38. The molecule has 0 unspecified atom stereocenters. The SMILES string of the molecule is CC1(C)c2ccccc2-c2ccc(-c3ccc(N(c4ccccc4)c4ccc(-c5ccc6c(c5)C(C)(C)c5cc(-c7cccc(-c8ccc(-c9ccc(N(c%10ccccc%10)c%10ccc(-c%11ccc(-c%12ccccc%12)cc%11)c(-c%11ccccc%11)c%10)cc9-c9ccccc9)cc8)c7)ccc5-6)c(-c5ccccc5)c4)cc3-c3ccccc3)cc21. The molecule has 0 amide bonds. The Morgan fingerprint density at radius 1 is 0.129 bits per heavy atom. The highest BCUT2D eigenvalue weighted by Crippen LogP contribution is 2.55. The van der Waals surface area contributed by atoms with Crippen molar-refractivity contribution in [2.24, 2.45) is 0 Å². The third-order valence-corrected chi connectivity index (χ3v) is 24.3. The molecule has 0 aromatic heterocycles. The summed E-state index contributed by atoms with van der Waals surface area (Å²) >= 11 is 0. The quantitative estimate of drug-likeness (QED) is 0.0896. The van der Waals surface area contributed by atoms with Crippen LogP contribution >= 0.6 is 0 Å². The van der Waals surface area contributed by atoms with E-state index < -0.39 is 0 Å². The van der Waals surface area contributed by atoms with Crippen LogP contribution in [0.25, 0.3) is 145 Å². The number of benzene rings is 18. The molecule has 0 atom stereocenters. The number of para-hydroxylation sites is 2. The Labute approximate surface area is 681 Å². The number of hydrogen-bond donors (Lipinski definition) is 0. The number of nitrogens with zero attached hydrogens (tertiary/aromatic N) is 2. The molecule has 0 heterocycles. The third-order valence-electron chi connectivity index (χ3n) is 24.3. The summed E-state index contributed by atoms with van der Waals surface area (Å²) in [7, 11) is 0. The van der Waals surface area contributed by atoms with E-state index in [9.17, 15) is 0 Å². The van der Waals surface area contributed by atoms with Crippen LogP contribution in [0.1, 0.15) is 49.9 Å². The Kier molecular flexibility index (Phi) is 18.0. The average Bonchev–Trinajstić information content (AvgIpc) is 1.55. The summed E-state index contributed by atoms with van der Waals surface area (Å²) in [5.74, 6) is 0. The first kappa shape index (κ1) is 70.7. The zero-order valence-corrected chi connectivity index (χ0v) is 65.5. The van der Waals surface area contributed by atoms with Crippen LogP contribution in [0.15, 0.2) is 437 Å². The van der Waals surface area contributed by atoms with Gasteiger partial charge in [0.25, 0.3) is 0 Å². The molecule has 20 rings (SSSR count). The van der Waals surface area contributed by atoms with Crippen LogP contribution in [-0.2, 0) is 10.8 Å². The highest BCUT2D eigenvalue weighted by molar-refractivity contribution is 5.97. The van der Waals surface area contributed by atoms with Gasteiger partial charge in [0.05, 0.1) is 0 Å². The van der Waals surface area contributed by atoms with E-state index in [0.29, 0.717) is 0 Å². The Morgan fingerprint density at radius 3 is 0.733 bits per heavy atom. The Morgan fingerprint density at radius 2 is 0.353 bits per heavy atom. The predicted molar refractivity (Wildman–Crippen MR) is 491 cm³/mol. The van der Waals surface area contributed by atoms with Gasteiger partial charge in [0.1, 0.15) is 0 Å².